The van der Waals surface area contributed by atoms with Crippen LogP contribution in [0, 0.1) is 34.6 Å². The lowest BCUT2D eigenvalue weighted by Crippen LogP contribution is -2.16. The van der Waals surface area contributed by atoms with Crippen molar-refractivity contribution in [3.05, 3.63) is 51.9 Å². The predicted octanol–water partition coefficient (Wildman–Crippen LogP) is 3.04. The van der Waals surface area contributed by atoms with Gasteiger partial charge in [0.2, 0.25) is 5.78 Å². The summed E-state index contributed by atoms with van der Waals surface area (Å²) in [4.78, 5) is 24.7. The van der Waals surface area contributed by atoms with Gasteiger partial charge in [-0.05, 0) is 40.7 Å². The summed E-state index contributed by atoms with van der Waals surface area (Å²) in [5.74, 6) is 0.706. The van der Waals surface area contributed by atoms with E-state index in [0.717, 1.165) is 5.69 Å². The molecule has 3 aromatic heterocycles. The molecular formula is C18H19N3O5. The Labute approximate surface area is 149 Å². The zero-order valence-electron chi connectivity index (χ0n) is 15.2. The van der Waals surface area contributed by atoms with Crippen molar-refractivity contribution < 1.29 is 23.4 Å². The fourth-order valence-corrected chi connectivity index (χ4v) is 2.91. The molecule has 0 saturated heterocycles. The topological polar surface area (TPSA) is 100 Å². The molecule has 0 radical (unpaired) electrons. The first-order chi connectivity index (χ1) is 12.3. The Bertz CT molecular complexity index is 973. The van der Waals surface area contributed by atoms with Crippen LogP contribution >= 0.6 is 0 Å². The van der Waals surface area contributed by atoms with Gasteiger partial charge in [0, 0.05) is 23.0 Å². The minimum absolute atomic E-state index is 0.251. The molecule has 0 fully saturated rings. The molecule has 136 valence electrons. The van der Waals surface area contributed by atoms with Gasteiger partial charge >= 0.3 is 5.97 Å². The van der Waals surface area contributed by atoms with Crippen LogP contribution in [0.25, 0.3) is 5.82 Å². The molecule has 0 unspecified atom stereocenters. The van der Waals surface area contributed by atoms with Gasteiger partial charge in [0.25, 0.3) is 0 Å². The van der Waals surface area contributed by atoms with Crippen molar-refractivity contribution in [2.45, 2.75) is 34.6 Å². The molecule has 3 rings (SSSR count). The number of ether oxygens (including phenoxy) is 1. The van der Waals surface area contributed by atoms with Crippen LogP contribution in [0.1, 0.15) is 49.3 Å². The lowest BCUT2D eigenvalue weighted by Gasteiger charge is -2.06. The Morgan fingerprint density at radius 2 is 1.81 bits per heavy atom. The van der Waals surface area contributed by atoms with Gasteiger partial charge in [0.1, 0.15) is 17.1 Å². The fourth-order valence-electron chi connectivity index (χ4n) is 2.91. The highest BCUT2D eigenvalue weighted by Gasteiger charge is 2.22. The van der Waals surface area contributed by atoms with Gasteiger partial charge in [-0.15, -0.1) is 0 Å². The van der Waals surface area contributed by atoms with Crippen LogP contribution in [0.2, 0.25) is 0 Å². The van der Waals surface area contributed by atoms with E-state index >= 15 is 0 Å². The lowest BCUT2D eigenvalue weighted by atomic mass is 10.1. The monoisotopic (exact) mass is 357 g/mol. The molecule has 8 heteroatoms. The average Bonchev–Trinajstić information content (AvgIpc) is 3.23. The van der Waals surface area contributed by atoms with E-state index in [1.165, 1.54) is 0 Å². The Balaban J connectivity index is 1.78. The van der Waals surface area contributed by atoms with Crippen LogP contribution in [0.15, 0.2) is 21.2 Å². The van der Waals surface area contributed by atoms with E-state index in [-0.39, 0.29) is 18.0 Å². The Kier molecular flexibility index (Phi) is 4.50. The summed E-state index contributed by atoms with van der Waals surface area (Å²) in [7, 11) is 0. The molecule has 26 heavy (non-hydrogen) atoms. The third kappa shape index (κ3) is 3.05. The maximum absolute atomic E-state index is 12.5. The molecule has 0 aromatic carbocycles. The van der Waals surface area contributed by atoms with Gasteiger partial charge in [-0.3, -0.25) is 9.36 Å². The molecule has 3 aromatic rings. The molecule has 3 heterocycles. The SMILES string of the molecule is Cc1cc(-n2c(C)cc(C(=O)COC(=O)c3c(C)noc3C)c2C)no1. The molecule has 0 bridgehead atoms. The fraction of sp³-hybridized carbons (Fsp3) is 0.333. The maximum Gasteiger partial charge on any atom is 0.344 e. The number of aryl methyl sites for hydroxylation is 4. The minimum atomic E-state index is -0.629. The highest BCUT2D eigenvalue weighted by Crippen LogP contribution is 2.21. The molecule has 0 atom stereocenters. The third-order valence-corrected chi connectivity index (χ3v) is 4.15. The zero-order chi connectivity index (χ0) is 19.0. The highest BCUT2D eigenvalue weighted by atomic mass is 16.5. The van der Waals surface area contributed by atoms with E-state index in [4.69, 9.17) is 13.8 Å². The van der Waals surface area contributed by atoms with Crippen molar-refractivity contribution in [3.63, 3.8) is 0 Å². The Hall–Kier alpha value is -3.16. The molecule has 0 spiro atoms. The Morgan fingerprint density at radius 3 is 2.38 bits per heavy atom. The number of hydrogen-bond acceptors (Lipinski definition) is 7. The standard InChI is InChI=1S/C18H19N3O5/c1-9-6-14(12(4)21(9)16-7-10(2)25-20-16)15(22)8-24-18(23)17-11(3)19-26-13(17)5/h6-7H,8H2,1-5H3. The molecular weight excluding hydrogens is 338 g/mol. The van der Waals surface area contributed by atoms with Crippen molar-refractivity contribution in [2.75, 3.05) is 6.61 Å². The molecule has 0 aliphatic heterocycles. The van der Waals surface area contributed by atoms with E-state index in [1.807, 2.05) is 11.5 Å². The quantitative estimate of drug-likeness (QED) is 0.511. The van der Waals surface area contributed by atoms with Crippen LogP contribution in [-0.4, -0.2) is 33.2 Å². The molecule has 0 amide bonds. The summed E-state index contributed by atoms with van der Waals surface area (Å²) < 4.78 is 17.0. The lowest BCUT2D eigenvalue weighted by molar-refractivity contribution is 0.0472. The number of carbonyl (C=O) groups excluding carboxylic acids is 2. The first-order valence-corrected chi connectivity index (χ1v) is 8.05. The van der Waals surface area contributed by atoms with Crippen molar-refractivity contribution in [3.8, 4) is 5.82 Å². The molecule has 0 aliphatic rings. The van der Waals surface area contributed by atoms with Gasteiger partial charge in [0.05, 0.1) is 5.69 Å². The van der Waals surface area contributed by atoms with Gasteiger partial charge in [-0.25, -0.2) is 4.79 Å². The summed E-state index contributed by atoms with van der Waals surface area (Å²) in [6, 6.07) is 3.52. The van der Waals surface area contributed by atoms with E-state index in [9.17, 15) is 9.59 Å². The third-order valence-electron chi connectivity index (χ3n) is 4.15. The smallest absolute Gasteiger partial charge is 0.344 e. The number of nitrogens with zero attached hydrogens (tertiary/aromatic N) is 3. The number of hydrogen-bond donors (Lipinski definition) is 0. The van der Waals surface area contributed by atoms with Gasteiger partial charge in [0.15, 0.2) is 12.4 Å². The van der Waals surface area contributed by atoms with Crippen LogP contribution in [0.4, 0.5) is 0 Å². The summed E-state index contributed by atoms with van der Waals surface area (Å²) in [6.07, 6.45) is 0. The molecule has 0 N–H and O–H groups in total. The molecule has 0 saturated carbocycles. The van der Waals surface area contributed by atoms with Gasteiger partial charge in [-0.1, -0.05) is 10.3 Å². The summed E-state index contributed by atoms with van der Waals surface area (Å²) in [5.41, 5.74) is 2.68. The van der Waals surface area contributed by atoms with Crippen molar-refractivity contribution in [2.24, 2.45) is 0 Å². The van der Waals surface area contributed by atoms with Crippen molar-refractivity contribution in [1.29, 1.82) is 0 Å². The predicted molar refractivity (Wildman–Crippen MR) is 90.6 cm³/mol. The van der Waals surface area contributed by atoms with Gasteiger partial charge in [-0.2, -0.15) is 0 Å². The number of Topliss-reactive ketones (excluding diaryl/α,β-unsaturated/α-hetero) is 1. The second-order valence-corrected chi connectivity index (χ2v) is 6.11. The normalized spacial score (nSPS) is 11.0. The minimum Gasteiger partial charge on any atom is -0.454 e. The Morgan fingerprint density at radius 1 is 1.08 bits per heavy atom. The second-order valence-electron chi connectivity index (χ2n) is 6.11. The largest absolute Gasteiger partial charge is 0.454 e. The second kappa shape index (κ2) is 6.62. The number of carbonyl (C=O) groups is 2. The van der Waals surface area contributed by atoms with Crippen molar-refractivity contribution >= 4 is 11.8 Å². The number of esters is 1. The van der Waals surface area contributed by atoms with Crippen LogP contribution in [-0.2, 0) is 4.74 Å². The summed E-state index contributed by atoms with van der Waals surface area (Å²) in [5, 5.41) is 7.69. The first-order valence-electron chi connectivity index (χ1n) is 8.05. The molecule has 8 nitrogen and oxygen atoms in total. The van der Waals surface area contributed by atoms with Crippen LogP contribution in [0.5, 0.6) is 0 Å². The van der Waals surface area contributed by atoms with E-state index in [0.29, 0.717) is 34.3 Å². The van der Waals surface area contributed by atoms with Crippen molar-refractivity contribution in [1.82, 2.24) is 14.9 Å². The summed E-state index contributed by atoms with van der Waals surface area (Å²) >= 11 is 0. The maximum atomic E-state index is 12.5. The average molecular weight is 357 g/mol. The highest BCUT2D eigenvalue weighted by molar-refractivity contribution is 6.00. The number of rotatable bonds is 5. The number of ketones is 1. The van der Waals surface area contributed by atoms with Crippen LogP contribution < -0.4 is 0 Å². The van der Waals surface area contributed by atoms with E-state index in [1.54, 1.807) is 39.8 Å². The zero-order valence-corrected chi connectivity index (χ0v) is 15.2. The molecule has 0 aliphatic carbocycles. The first kappa shape index (κ1) is 17.7. The van der Waals surface area contributed by atoms with Crippen LogP contribution in [0.3, 0.4) is 0 Å². The summed E-state index contributed by atoms with van der Waals surface area (Å²) in [6.45, 7) is 8.36. The van der Waals surface area contributed by atoms with E-state index < -0.39 is 5.97 Å². The van der Waals surface area contributed by atoms with E-state index in [2.05, 4.69) is 10.3 Å². The number of aromatic nitrogens is 3. The van der Waals surface area contributed by atoms with Gasteiger partial charge < -0.3 is 13.8 Å².